The fourth-order valence-corrected chi connectivity index (χ4v) is 2.06. The van der Waals surface area contributed by atoms with Crippen molar-refractivity contribution in [1.82, 2.24) is 4.90 Å². The van der Waals surface area contributed by atoms with Crippen molar-refractivity contribution in [1.29, 1.82) is 0 Å². The predicted molar refractivity (Wildman–Crippen MR) is 51.6 cm³/mol. The molecule has 0 aromatic carbocycles. The highest BCUT2D eigenvalue weighted by atomic mass is 16.4. The number of rotatable bonds is 3. The third-order valence-electron chi connectivity index (χ3n) is 2.80. The molecule has 1 saturated heterocycles. The average molecular weight is 185 g/mol. The molecule has 3 heteroatoms. The van der Waals surface area contributed by atoms with Gasteiger partial charge in [0.25, 0.3) is 0 Å². The van der Waals surface area contributed by atoms with Crippen LogP contribution in [-0.4, -0.2) is 35.1 Å². The zero-order valence-corrected chi connectivity index (χ0v) is 8.66. The first-order valence-corrected chi connectivity index (χ1v) is 4.99. The largest absolute Gasteiger partial charge is 0.481 e. The molecule has 2 unspecified atom stereocenters. The number of nitrogens with zero attached hydrogens (tertiary/aromatic N) is 1. The van der Waals surface area contributed by atoms with Gasteiger partial charge < -0.3 is 5.11 Å². The standard InChI is InChI=1S/C10H19NO2/c1-7(2)6-11-5-4-9(8(11)3)10(12)13/h7-9H,4-6H2,1-3H3,(H,12,13). The van der Waals surface area contributed by atoms with E-state index in [0.29, 0.717) is 5.92 Å². The minimum absolute atomic E-state index is 0.154. The van der Waals surface area contributed by atoms with Crippen molar-refractivity contribution >= 4 is 5.97 Å². The molecule has 0 aliphatic carbocycles. The van der Waals surface area contributed by atoms with Crippen LogP contribution in [0, 0.1) is 11.8 Å². The molecule has 1 heterocycles. The van der Waals surface area contributed by atoms with Gasteiger partial charge in [0.05, 0.1) is 5.92 Å². The first kappa shape index (κ1) is 10.5. The van der Waals surface area contributed by atoms with E-state index in [1.54, 1.807) is 0 Å². The molecular formula is C10H19NO2. The van der Waals surface area contributed by atoms with Crippen LogP contribution in [0.1, 0.15) is 27.2 Å². The highest BCUT2D eigenvalue weighted by molar-refractivity contribution is 5.71. The fraction of sp³-hybridized carbons (Fsp3) is 0.900. The highest BCUT2D eigenvalue weighted by Crippen LogP contribution is 2.24. The molecule has 1 aliphatic heterocycles. The van der Waals surface area contributed by atoms with Crippen molar-refractivity contribution < 1.29 is 9.90 Å². The summed E-state index contributed by atoms with van der Waals surface area (Å²) in [5, 5.41) is 8.91. The Morgan fingerprint density at radius 2 is 2.23 bits per heavy atom. The molecule has 1 aliphatic rings. The second-order valence-corrected chi connectivity index (χ2v) is 4.36. The molecule has 0 saturated carbocycles. The third-order valence-corrected chi connectivity index (χ3v) is 2.80. The minimum Gasteiger partial charge on any atom is -0.481 e. The van der Waals surface area contributed by atoms with Crippen LogP contribution in [0.5, 0.6) is 0 Å². The summed E-state index contributed by atoms with van der Waals surface area (Å²) in [6.45, 7) is 8.32. The van der Waals surface area contributed by atoms with E-state index < -0.39 is 5.97 Å². The van der Waals surface area contributed by atoms with Gasteiger partial charge in [0, 0.05) is 12.6 Å². The Morgan fingerprint density at radius 3 is 2.62 bits per heavy atom. The summed E-state index contributed by atoms with van der Waals surface area (Å²) in [6.07, 6.45) is 0.809. The van der Waals surface area contributed by atoms with E-state index >= 15 is 0 Å². The van der Waals surface area contributed by atoms with Crippen molar-refractivity contribution in [3.63, 3.8) is 0 Å². The fourth-order valence-electron chi connectivity index (χ4n) is 2.06. The number of likely N-dealkylation sites (tertiary alicyclic amines) is 1. The van der Waals surface area contributed by atoms with Gasteiger partial charge in [0.1, 0.15) is 0 Å². The second-order valence-electron chi connectivity index (χ2n) is 4.36. The van der Waals surface area contributed by atoms with Crippen molar-refractivity contribution in [3.8, 4) is 0 Å². The smallest absolute Gasteiger partial charge is 0.308 e. The summed E-state index contributed by atoms with van der Waals surface area (Å²) in [4.78, 5) is 13.1. The van der Waals surface area contributed by atoms with Crippen LogP contribution in [0.25, 0.3) is 0 Å². The van der Waals surface area contributed by atoms with Crippen LogP contribution in [0.2, 0.25) is 0 Å². The van der Waals surface area contributed by atoms with E-state index in [4.69, 9.17) is 5.11 Å². The van der Waals surface area contributed by atoms with Crippen LogP contribution in [0.15, 0.2) is 0 Å². The third kappa shape index (κ3) is 2.44. The average Bonchev–Trinajstić information content (AvgIpc) is 2.32. The molecule has 13 heavy (non-hydrogen) atoms. The van der Waals surface area contributed by atoms with Gasteiger partial charge in [-0.25, -0.2) is 0 Å². The number of carbonyl (C=O) groups is 1. The summed E-state index contributed by atoms with van der Waals surface area (Å²) < 4.78 is 0. The lowest BCUT2D eigenvalue weighted by molar-refractivity contribution is -0.142. The maximum absolute atomic E-state index is 10.8. The van der Waals surface area contributed by atoms with Crippen LogP contribution in [0.3, 0.4) is 0 Å². The van der Waals surface area contributed by atoms with Gasteiger partial charge in [-0.05, 0) is 25.8 Å². The molecule has 1 N–H and O–H groups in total. The van der Waals surface area contributed by atoms with Gasteiger partial charge in [-0.1, -0.05) is 13.8 Å². The molecule has 0 aromatic rings. The summed E-state index contributed by atoms with van der Waals surface area (Å²) in [7, 11) is 0. The van der Waals surface area contributed by atoms with Crippen molar-refractivity contribution in [2.24, 2.45) is 11.8 Å². The minimum atomic E-state index is -0.640. The van der Waals surface area contributed by atoms with Crippen molar-refractivity contribution in [2.45, 2.75) is 33.2 Å². The van der Waals surface area contributed by atoms with E-state index in [-0.39, 0.29) is 12.0 Å². The zero-order chi connectivity index (χ0) is 10.0. The summed E-state index contributed by atoms with van der Waals surface area (Å²) >= 11 is 0. The van der Waals surface area contributed by atoms with E-state index in [2.05, 4.69) is 18.7 Å². The SMILES string of the molecule is CC(C)CN1CCC(C(=O)O)C1C. The number of carboxylic acid groups (broad SMARTS) is 1. The molecule has 0 radical (unpaired) electrons. The molecule has 1 rings (SSSR count). The Hall–Kier alpha value is -0.570. The molecule has 0 spiro atoms. The van der Waals surface area contributed by atoms with E-state index in [9.17, 15) is 4.79 Å². The number of aliphatic carboxylic acids is 1. The number of hydrogen-bond donors (Lipinski definition) is 1. The van der Waals surface area contributed by atoms with Gasteiger partial charge in [0.15, 0.2) is 0 Å². The molecule has 0 aromatic heterocycles. The van der Waals surface area contributed by atoms with Crippen LogP contribution >= 0.6 is 0 Å². The van der Waals surface area contributed by atoms with Crippen LogP contribution < -0.4 is 0 Å². The Kier molecular flexibility index (Phi) is 3.31. The molecular weight excluding hydrogens is 166 g/mol. The van der Waals surface area contributed by atoms with Gasteiger partial charge in [0.2, 0.25) is 0 Å². The Labute approximate surface area is 79.7 Å². The first-order chi connectivity index (χ1) is 6.02. The quantitative estimate of drug-likeness (QED) is 0.723. The molecule has 1 fully saturated rings. The zero-order valence-electron chi connectivity index (χ0n) is 8.66. The normalized spacial score (nSPS) is 29.8. The van der Waals surface area contributed by atoms with Gasteiger partial charge in [-0.15, -0.1) is 0 Å². The molecule has 3 nitrogen and oxygen atoms in total. The number of hydrogen-bond acceptors (Lipinski definition) is 2. The molecule has 0 amide bonds. The van der Waals surface area contributed by atoms with Gasteiger partial charge in [-0.3, -0.25) is 9.69 Å². The molecule has 2 atom stereocenters. The van der Waals surface area contributed by atoms with Crippen molar-refractivity contribution in [3.05, 3.63) is 0 Å². The lowest BCUT2D eigenvalue weighted by Gasteiger charge is -2.24. The second kappa shape index (κ2) is 4.09. The predicted octanol–water partition coefficient (Wildman–Crippen LogP) is 1.44. The van der Waals surface area contributed by atoms with Gasteiger partial charge in [-0.2, -0.15) is 0 Å². The van der Waals surface area contributed by atoms with Crippen LogP contribution in [0.4, 0.5) is 0 Å². The van der Waals surface area contributed by atoms with E-state index in [1.165, 1.54) is 0 Å². The maximum atomic E-state index is 10.8. The highest BCUT2D eigenvalue weighted by Gasteiger charge is 2.35. The Morgan fingerprint density at radius 1 is 1.62 bits per heavy atom. The topological polar surface area (TPSA) is 40.5 Å². The lowest BCUT2D eigenvalue weighted by atomic mass is 10.0. The summed E-state index contributed by atoms with van der Waals surface area (Å²) in [5.41, 5.74) is 0. The Balaban J connectivity index is 2.50. The monoisotopic (exact) mass is 185 g/mol. The molecule has 0 bridgehead atoms. The maximum Gasteiger partial charge on any atom is 0.308 e. The molecule has 76 valence electrons. The first-order valence-electron chi connectivity index (χ1n) is 4.99. The van der Waals surface area contributed by atoms with Gasteiger partial charge >= 0.3 is 5.97 Å². The van der Waals surface area contributed by atoms with Crippen LogP contribution in [-0.2, 0) is 4.79 Å². The number of carboxylic acids is 1. The van der Waals surface area contributed by atoms with E-state index in [0.717, 1.165) is 19.5 Å². The Bertz CT molecular complexity index is 191. The lowest BCUT2D eigenvalue weighted by Crippen LogP contribution is -2.35. The summed E-state index contributed by atoms with van der Waals surface area (Å²) in [6, 6.07) is 0.208. The van der Waals surface area contributed by atoms with Crippen molar-refractivity contribution in [2.75, 3.05) is 13.1 Å². The summed E-state index contributed by atoms with van der Waals surface area (Å²) in [5.74, 6) is -0.174. The van der Waals surface area contributed by atoms with E-state index in [1.807, 2.05) is 6.92 Å².